The molecular formula is C30H32N8O2. The van der Waals surface area contributed by atoms with Crippen molar-refractivity contribution in [2.75, 3.05) is 39.1 Å². The van der Waals surface area contributed by atoms with Crippen molar-refractivity contribution < 1.29 is 9.47 Å². The Morgan fingerprint density at radius 1 is 1.07 bits per heavy atom. The molecule has 0 saturated heterocycles. The van der Waals surface area contributed by atoms with Gasteiger partial charge in [-0.05, 0) is 29.8 Å². The number of hydrazine groups is 1. The average Bonchev–Trinajstić information content (AvgIpc) is 3.40. The minimum Gasteiger partial charge on any atom is -0.449 e. The zero-order valence-electron chi connectivity index (χ0n) is 22.8. The first-order chi connectivity index (χ1) is 19.3. The maximum atomic E-state index is 9.49. The number of anilines is 1. The molecule has 3 aromatic rings. The van der Waals surface area contributed by atoms with Crippen LogP contribution in [-0.4, -0.2) is 62.0 Å². The highest BCUT2D eigenvalue weighted by Crippen LogP contribution is 2.32. The van der Waals surface area contributed by atoms with Crippen LogP contribution < -0.4 is 25.9 Å². The smallest absolute Gasteiger partial charge is 0.286 e. The van der Waals surface area contributed by atoms with Crippen LogP contribution in [0.15, 0.2) is 94.4 Å². The molecule has 5 rings (SSSR count). The maximum absolute atomic E-state index is 9.49. The Kier molecular flexibility index (Phi) is 7.57. The number of nitrogens with two attached hydrogens (primary N) is 2. The van der Waals surface area contributed by atoms with E-state index in [2.05, 4.69) is 16.0 Å². The van der Waals surface area contributed by atoms with Crippen LogP contribution in [0.1, 0.15) is 16.7 Å². The summed E-state index contributed by atoms with van der Waals surface area (Å²) >= 11 is 0. The van der Waals surface area contributed by atoms with E-state index in [1.165, 1.54) is 5.01 Å². The predicted molar refractivity (Wildman–Crippen MR) is 156 cm³/mol. The first-order valence-corrected chi connectivity index (χ1v) is 12.9. The van der Waals surface area contributed by atoms with Crippen molar-refractivity contribution in [3.8, 4) is 17.6 Å². The molecule has 0 saturated carbocycles. The SMILES string of the molecule is CN1CCN=C1c1cccc(OC2N=C(Cc3ccccc3)C(N)=C(Oc3cc(C#N)ccc3N(C)C)N2N)c1. The summed E-state index contributed by atoms with van der Waals surface area (Å²) in [6.45, 7) is 1.63. The average molecular weight is 537 g/mol. The number of rotatable bonds is 8. The molecule has 0 amide bonds. The van der Waals surface area contributed by atoms with Gasteiger partial charge in [0, 0.05) is 45.7 Å². The normalized spacial score (nSPS) is 16.8. The second-order valence-corrected chi connectivity index (χ2v) is 9.75. The highest BCUT2D eigenvalue weighted by Gasteiger charge is 2.32. The van der Waals surface area contributed by atoms with E-state index in [1.54, 1.807) is 12.1 Å². The standard InChI is InChI=1S/C30H32N8O2/c1-36(2)25-13-12-21(19-31)17-26(25)40-29-27(32)24(16-20-8-5-4-6-9-20)35-30(38(29)33)39-23-11-7-10-22(18-23)28-34-14-15-37(28)3/h4-13,17-18,30H,14-16,32-33H2,1-3H3. The third-order valence-electron chi connectivity index (χ3n) is 6.66. The van der Waals surface area contributed by atoms with Gasteiger partial charge in [-0.1, -0.05) is 42.5 Å². The number of aliphatic imine (C=N–C) groups is 2. The van der Waals surface area contributed by atoms with E-state index in [0.717, 1.165) is 35.7 Å². The predicted octanol–water partition coefficient (Wildman–Crippen LogP) is 3.06. The lowest BCUT2D eigenvalue weighted by atomic mass is 10.1. The molecule has 0 spiro atoms. The number of allylic oxidation sites excluding steroid dienone is 1. The molecular weight excluding hydrogens is 504 g/mol. The van der Waals surface area contributed by atoms with Gasteiger partial charge in [-0.3, -0.25) is 4.99 Å². The first-order valence-electron chi connectivity index (χ1n) is 12.9. The fraction of sp³-hybridized carbons (Fsp3) is 0.233. The Bertz CT molecular complexity index is 1520. The summed E-state index contributed by atoms with van der Waals surface area (Å²) in [5, 5.41) is 10.8. The van der Waals surface area contributed by atoms with Crippen LogP contribution in [0.3, 0.4) is 0 Å². The van der Waals surface area contributed by atoms with Crippen molar-refractivity contribution >= 4 is 17.2 Å². The number of likely N-dealkylation sites (N-methyl/N-ethyl adjacent to an activating group) is 1. The van der Waals surface area contributed by atoms with E-state index in [0.29, 0.717) is 29.2 Å². The molecule has 0 radical (unpaired) electrons. The molecule has 2 aliphatic rings. The molecule has 204 valence electrons. The molecule has 0 aliphatic carbocycles. The summed E-state index contributed by atoms with van der Waals surface area (Å²) in [6.07, 6.45) is -0.505. The fourth-order valence-electron chi connectivity index (χ4n) is 4.56. The lowest BCUT2D eigenvalue weighted by Gasteiger charge is -2.33. The van der Waals surface area contributed by atoms with Crippen LogP contribution in [0.5, 0.6) is 11.5 Å². The zero-order chi connectivity index (χ0) is 28.2. The van der Waals surface area contributed by atoms with Crippen molar-refractivity contribution in [1.29, 1.82) is 5.26 Å². The van der Waals surface area contributed by atoms with E-state index in [1.807, 2.05) is 86.7 Å². The molecule has 0 fully saturated rings. The van der Waals surface area contributed by atoms with Crippen LogP contribution in [0.2, 0.25) is 0 Å². The quantitative estimate of drug-likeness (QED) is 0.421. The number of ether oxygens (including phenoxy) is 2. The second kappa shape index (κ2) is 11.4. The molecule has 1 unspecified atom stereocenters. The number of hydrogen-bond acceptors (Lipinski definition) is 10. The minimum atomic E-state index is -0.957. The van der Waals surface area contributed by atoms with Crippen LogP contribution in [0.25, 0.3) is 0 Å². The highest BCUT2D eigenvalue weighted by atomic mass is 16.5. The Balaban J connectivity index is 1.51. The third kappa shape index (κ3) is 5.55. The van der Waals surface area contributed by atoms with Gasteiger partial charge < -0.3 is 25.0 Å². The summed E-state index contributed by atoms with van der Waals surface area (Å²) in [5.74, 6) is 8.67. The molecule has 4 N–H and O–H groups in total. The van der Waals surface area contributed by atoms with E-state index < -0.39 is 6.35 Å². The number of hydrogen-bond donors (Lipinski definition) is 2. The van der Waals surface area contributed by atoms with Crippen LogP contribution in [-0.2, 0) is 6.42 Å². The number of benzene rings is 3. The van der Waals surface area contributed by atoms with Crippen molar-refractivity contribution in [1.82, 2.24) is 9.91 Å². The lowest BCUT2D eigenvalue weighted by Crippen LogP contribution is -2.49. The molecule has 2 heterocycles. The summed E-state index contributed by atoms with van der Waals surface area (Å²) in [5.41, 5.74) is 10.7. The Morgan fingerprint density at radius 3 is 2.58 bits per heavy atom. The molecule has 0 aromatic heterocycles. The van der Waals surface area contributed by atoms with Gasteiger partial charge in [-0.2, -0.15) is 5.26 Å². The largest absolute Gasteiger partial charge is 0.449 e. The lowest BCUT2D eigenvalue weighted by molar-refractivity contribution is 0.0227. The second-order valence-electron chi connectivity index (χ2n) is 9.75. The molecule has 0 bridgehead atoms. The van der Waals surface area contributed by atoms with Crippen molar-refractivity contribution in [2.45, 2.75) is 12.8 Å². The van der Waals surface area contributed by atoms with Gasteiger partial charge in [0.15, 0.2) is 5.75 Å². The minimum absolute atomic E-state index is 0.181. The molecule has 3 aromatic carbocycles. The maximum Gasteiger partial charge on any atom is 0.286 e. The van der Waals surface area contributed by atoms with Gasteiger partial charge in [0.05, 0.1) is 29.6 Å². The molecule has 40 heavy (non-hydrogen) atoms. The van der Waals surface area contributed by atoms with Gasteiger partial charge in [-0.25, -0.2) is 15.8 Å². The number of nitrogens with zero attached hydrogens (tertiary/aromatic N) is 6. The van der Waals surface area contributed by atoms with Crippen molar-refractivity contribution in [3.05, 3.63) is 101 Å². The Morgan fingerprint density at radius 2 is 1.88 bits per heavy atom. The van der Waals surface area contributed by atoms with Gasteiger partial charge in [-0.15, -0.1) is 0 Å². The Labute approximate surface area is 234 Å². The summed E-state index contributed by atoms with van der Waals surface area (Å²) in [6, 6.07) is 24.9. The van der Waals surface area contributed by atoms with Crippen LogP contribution >= 0.6 is 0 Å². The highest BCUT2D eigenvalue weighted by molar-refractivity contribution is 6.02. The van der Waals surface area contributed by atoms with E-state index in [-0.39, 0.29) is 11.6 Å². The summed E-state index contributed by atoms with van der Waals surface area (Å²) in [4.78, 5) is 13.4. The zero-order valence-corrected chi connectivity index (χ0v) is 22.8. The van der Waals surface area contributed by atoms with Gasteiger partial charge in [0.2, 0.25) is 5.88 Å². The third-order valence-corrected chi connectivity index (χ3v) is 6.66. The van der Waals surface area contributed by atoms with Gasteiger partial charge in [0.1, 0.15) is 17.3 Å². The van der Waals surface area contributed by atoms with E-state index in [9.17, 15) is 5.26 Å². The van der Waals surface area contributed by atoms with Gasteiger partial charge in [0.25, 0.3) is 6.35 Å². The number of nitriles is 1. The molecule has 10 nitrogen and oxygen atoms in total. The monoisotopic (exact) mass is 536 g/mol. The number of amidine groups is 1. The summed E-state index contributed by atoms with van der Waals surface area (Å²) in [7, 11) is 5.80. The summed E-state index contributed by atoms with van der Waals surface area (Å²) < 4.78 is 12.7. The van der Waals surface area contributed by atoms with Crippen LogP contribution in [0, 0.1) is 11.3 Å². The topological polar surface area (TPSA) is 129 Å². The molecule has 1 atom stereocenters. The molecule has 10 heteroatoms. The van der Waals surface area contributed by atoms with Crippen molar-refractivity contribution in [3.63, 3.8) is 0 Å². The molecule has 2 aliphatic heterocycles. The van der Waals surface area contributed by atoms with E-state index in [4.69, 9.17) is 26.0 Å². The van der Waals surface area contributed by atoms with Crippen molar-refractivity contribution in [2.24, 2.45) is 21.6 Å². The fourth-order valence-corrected chi connectivity index (χ4v) is 4.56. The van der Waals surface area contributed by atoms with Crippen LogP contribution in [0.4, 0.5) is 5.69 Å². The van der Waals surface area contributed by atoms with E-state index >= 15 is 0 Å². The Hall–Kier alpha value is -5.01. The van der Waals surface area contributed by atoms with Gasteiger partial charge >= 0.3 is 0 Å². The first kappa shape index (κ1) is 26.6.